The highest BCUT2D eigenvalue weighted by atomic mass is 35.5. The summed E-state index contributed by atoms with van der Waals surface area (Å²) in [6, 6.07) is 11.2. The van der Waals surface area contributed by atoms with E-state index in [1.807, 2.05) is 0 Å². The molecule has 0 unspecified atom stereocenters. The quantitative estimate of drug-likeness (QED) is 0.609. The van der Waals surface area contributed by atoms with Gasteiger partial charge in [-0.2, -0.15) is 0 Å². The van der Waals surface area contributed by atoms with Gasteiger partial charge in [0.15, 0.2) is 0 Å². The lowest BCUT2D eigenvalue weighted by molar-refractivity contribution is -0.115. The highest BCUT2D eigenvalue weighted by Gasteiger charge is 2.13. The number of rotatable bonds is 6. The van der Waals surface area contributed by atoms with Gasteiger partial charge in [0.1, 0.15) is 0 Å². The lowest BCUT2D eigenvalue weighted by atomic mass is 10.1. The smallest absolute Gasteiger partial charge is 0.251 e. The molecule has 0 saturated carbocycles. The Morgan fingerprint density at radius 2 is 1.48 bits per heavy atom. The fourth-order valence-electron chi connectivity index (χ4n) is 2.40. The summed E-state index contributed by atoms with van der Waals surface area (Å²) >= 11 is 5.81. The fourth-order valence-corrected chi connectivity index (χ4v) is 2.53. The molecule has 7 nitrogen and oxygen atoms in total. The number of amides is 3. The Kier molecular flexibility index (Phi) is 6.92. The molecule has 0 bridgehead atoms. The zero-order valence-corrected chi connectivity index (χ0v) is 15.6. The summed E-state index contributed by atoms with van der Waals surface area (Å²) in [4.78, 5) is 35.0. The van der Waals surface area contributed by atoms with Crippen molar-refractivity contribution in [2.24, 2.45) is 0 Å². The number of aliphatic hydroxyl groups excluding tert-OH is 1. The number of halogens is 1. The van der Waals surface area contributed by atoms with E-state index >= 15 is 0 Å². The minimum atomic E-state index is -0.903. The molecular formula is C19H20ClN3O4. The number of carbonyl (C=O) groups excluding carboxylic acids is 3. The van der Waals surface area contributed by atoms with Gasteiger partial charge in [-0.25, -0.2) is 0 Å². The molecular weight excluding hydrogens is 370 g/mol. The van der Waals surface area contributed by atoms with Gasteiger partial charge in [-0.3, -0.25) is 14.4 Å². The van der Waals surface area contributed by atoms with E-state index in [1.54, 1.807) is 30.3 Å². The molecule has 2 aromatic carbocycles. The van der Waals surface area contributed by atoms with Crippen molar-refractivity contribution in [3.8, 4) is 0 Å². The van der Waals surface area contributed by atoms with Gasteiger partial charge < -0.3 is 21.1 Å². The van der Waals surface area contributed by atoms with E-state index in [0.717, 1.165) is 0 Å². The van der Waals surface area contributed by atoms with Crippen molar-refractivity contribution < 1.29 is 19.5 Å². The fraction of sp³-hybridized carbons (Fsp3) is 0.211. The number of carbonyl (C=O) groups is 3. The van der Waals surface area contributed by atoms with E-state index in [1.165, 1.54) is 26.0 Å². The molecule has 0 aromatic heterocycles. The largest absolute Gasteiger partial charge is 0.387 e. The van der Waals surface area contributed by atoms with Crippen LogP contribution in [0.15, 0.2) is 42.5 Å². The zero-order valence-electron chi connectivity index (χ0n) is 14.9. The van der Waals surface area contributed by atoms with Crippen molar-refractivity contribution in [2.75, 3.05) is 17.2 Å². The summed E-state index contributed by atoms with van der Waals surface area (Å²) in [5.74, 6) is -1.07. The standard InChI is InChI=1S/C19H20ClN3O4/c1-11(24)22-16-7-14(8-17(9-16)23-12(2)25)19(27)21-10-18(26)13-3-5-15(20)6-4-13/h3-9,18,26H,10H2,1-2H3,(H,21,27)(H,22,24)(H,23,25)/t18-/m1/s1. The lowest BCUT2D eigenvalue weighted by Crippen LogP contribution is -2.28. The topological polar surface area (TPSA) is 108 Å². The molecule has 4 N–H and O–H groups in total. The molecule has 0 fully saturated rings. The number of benzene rings is 2. The van der Waals surface area contributed by atoms with Crippen molar-refractivity contribution in [3.05, 3.63) is 58.6 Å². The molecule has 2 rings (SSSR count). The lowest BCUT2D eigenvalue weighted by Gasteiger charge is -2.14. The first-order valence-electron chi connectivity index (χ1n) is 8.16. The van der Waals surface area contributed by atoms with Crippen LogP contribution >= 0.6 is 11.6 Å². The molecule has 0 spiro atoms. The highest BCUT2D eigenvalue weighted by molar-refractivity contribution is 6.30. The van der Waals surface area contributed by atoms with E-state index < -0.39 is 12.0 Å². The van der Waals surface area contributed by atoms with E-state index in [9.17, 15) is 19.5 Å². The highest BCUT2D eigenvalue weighted by Crippen LogP contribution is 2.20. The normalized spacial score (nSPS) is 11.4. The summed E-state index contributed by atoms with van der Waals surface area (Å²) in [5, 5.41) is 18.5. The predicted molar refractivity (Wildman–Crippen MR) is 104 cm³/mol. The van der Waals surface area contributed by atoms with Crippen LogP contribution in [0.4, 0.5) is 11.4 Å². The number of nitrogens with one attached hydrogen (secondary N) is 3. The molecule has 0 radical (unpaired) electrons. The van der Waals surface area contributed by atoms with E-state index in [2.05, 4.69) is 16.0 Å². The molecule has 0 saturated heterocycles. The number of hydrogen-bond acceptors (Lipinski definition) is 4. The van der Waals surface area contributed by atoms with Crippen LogP contribution in [0.3, 0.4) is 0 Å². The van der Waals surface area contributed by atoms with E-state index in [4.69, 9.17) is 11.6 Å². The monoisotopic (exact) mass is 389 g/mol. The summed E-state index contributed by atoms with van der Waals surface area (Å²) < 4.78 is 0. The molecule has 2 aromatic rings. The van der Waals surface area contributed by atoms with Crippen LogP contribution in [0.25, 0.3) is 0 Å². The Bertz CT molecular complexity index is 818. The Balaban J connectivity index is 2.12. The minimum Gasteiger partial charge on any atom is -0.387 e. The van der Waals surface area contributed by atoms with Gasteiger partial charge in [0.05, 0.1) is 6.10 Å². The molecule has 142 valence electrons. The van der Waals surface area contributed by atoms with Gasteiger partial charge >= 0.3 is 0 Å². The molecule has 0 aliphatic rings. The van der Waals surface area contributed by atoms with E-state index in [-0.39, 0.29) is 23.9 Å². The second-order valence-corrected chi connectivity index (χ2v) is 6.38. The predicted octanol–water partition coefficient (Wildman–Crippen LogP) is 2.72. The third-order valence-electron chi connectivity index (χ3n) is 3.55. The second-order valence-electron chi connectivity index (χ2n) is 5.94. The van der Waals surface area contributed by atoms with Gasteiger partial charge in [0, 0.05) is 42.4 Å². The van der Waals surface area contributed by atoms with Crippen molar-refractivity contribution in [1.29, 1.82) is 0 Å². The Morgan fingerprint density at radius 3 is 1.96 bits per heavy atom. The van der Waals surface area contributed by atoms with Crippen molar-refractivity contribution in [3.63, 3.8) is 0 Å². The molecule has 0 aliphatic heterocycles. The van der Waals surface area contributed by atoms with Crippen LogP contribution in [-0.2, 0) is 9.59 Å². The first-order valence-corrected chi connectivity index (χ1v) is 8.54. The summed E-state index contributed by atoms with van der Waals surface area (Å²) in [7, 11) is 0. The second kappa shape index (κ2) is 9.16. The molecule has 1 atom stereocenters. The first-order chi connectivity index (χ1) is 12.7. The van der Waals surface area contributed by atoms with Gasteiger partial charge in [-0.05, 0) is 35.9 Å². The molecule has 3 amide bonds. The van der Waals surface area contributed by atoms with Crippen LogP contribution < -0.4 is 16.0 Å². The first kappa shape index (κ1) is 20.4. The average Bonchev–Trinajstić information content (AvgIpc) is 2.58. The van der Waals surface area contributed by atoms with Gasteiger partial charge in [-0.1, -0.05) is 23.7 Å². The third-order valence-corrected chi connectivity index (χ3v) is 3.80. The van der Waals surface area contributed by atoms with Gasteiger partial charge in [-0.15, -0.1) is 0 Å². The molecule has 0 heterocycles. The maximum Gasteiger partial charge on any atom is 0.251 e. The Hall–Kier alpha value is -2.90. The number of hydrogen-bond donors (Lipinski definition) is 4. The van der Waals surface area contributed by atoms with Gasteiger partial charge in [0.2, 0.25) is 11.8 Å². The SMILES string of the molecule is CC(=O)Nc1cc(NC(C)=O)cc(C(=O)NC[C@@H](O)c2ccc(Cl)cc2)c1. The maximum absolute atomic E-state index is 12.4. The van der Waals surface area contributed by atoms with Crippen molar-refractivity contribution in [2.45, 2.75) is 20.0 Å². The maximum atomic E-state index is 12.4. The average molecular weight is 390 g/mol. The third kappa shape index (κ3) is 6.40. The zero-order chi connectivity index (χ0) is 20.0. The Morgan fingerprint density at radius 1 is 0.963 bits per heavy atom. The summed E-state index contributed by atoms with van der Waals surface area (Å²) in [6.07, 6.45) is -0.903. The van der Waals surface area contributed by atoms with Gasteiger partial charge in [0.25, 0.3) is 5.91 Å². The van der Waals surface area contributed by atoms with Crippen LogP contribution in [0.2, 0.25) is 5.02 Å². The summed E-state index contributed by atoms with van der Waals surface area (Å²) in [6.45, 7) is 2.67. The van der Waals surface area contributed by atoms with Crippen molar-refractivity contribution >= 4 is 40.7 Å². The molecule has 8 heteroatoms. The van der Waals surface area contributed by atoms with Crippen molar-refractivity contribution in [1.82, 2.24) is 5.32 Å². The number of aliphatic hydroxyl groups is 1. The van der Waals surface area contributed by atoms with Crippen LogP contribution in [0, 0.1) is 0 Å². The van der Waals surface area contributed by atoms with Crippen LogP contribution in [-0.4, -0.2) is 29.4 Å². The van der Waals surface area contributed by atoms with E-state index in [0.29, 0.717) is 22.0 Å². The minimum absolute atomic E-state index is 0.0136. The van der Waals surface area contributed by atoms with Crippen LogP contribution in [0.1, 0.15) is 35.9 Å². The summed E-state index contributed by atoms with van der Waals surface area (Å²) in [5.41, 5.74) is 1.59. The Labute approximate surface area is 161 Å². The molecule has 0 aliphatic carbocycles. The molecule has 27 heavy (non-hydrogen) atoms. The number of anilines is 2. The van der Waals surface area contributed by atoms with Crippen LogP contribution in [0.5, 0.6) is 0 Å².